The normalized spacial score (nSPS) is 32.4. The van der Waals surface area contributed by atoms with Crippen LogP contribution >= 0.6 is 0 Å². The van der Waals surface area contributed by atoms with Crippen molar-refractivity contribution in [3.05, 3.63) is 0 Å². The summed E-state index contributed by atoms with van der Waals surface area (Å²) in [4.78, 5) is 14.5. The lowest BCUT2D eigenvalue weighted by Gasteiger charge is -2.37. The van der Waals surface area contributed by atoms with Crippen LogP contribution in [0.25, 0.3) is 0 Å². The van der Waals surface area contributed by atoms with Gasteiger partial charge in [0.25, 0.3) is 0 Å². The molecule has 1 N–H and O–H groups in total. The Hall–Kier alpha value is -1.21. The molecule has 0 saturated carbocycles. The topological polar surface area (TPSA) is 43.8 Å². The Kier molecular flexibility index (Phi) is 2.34. The first-order valence-corrected chi connectivity index (χ1v) is 4.92. The van der Waals surface area contributed by atoms with E-state index >= 15 is 0 Å². The smallest absolute Gasteiger partial charge is 0.407 e. The number of amides is 1. The number of carbonyl (C=O) groups is 1. The molecular weight excluding hydrogens is 180 g/mol. The molecular formula is C10H14N2O2. The quantitative estimate of drug-likeness (QED) is 0.569. The van der Waals surface area contributed by atoms with Crippen molar-refractivity contribution >= 4 is 6.09 Å². The van der Waals surface area contributed by atoms with Crippen LogP contribution in [0.3, 0.4) is 0 Å². The molecule has 0 aromatic heterocycles. The van der Waals surface area contributed by atoms with Gasteiger partial charge in [0.05, 0.1) is 6.04 Å². The average Bonchev–Trinajstić information content (AvgIpc) is 2.59. The maximum absolute atomic E-state index is 10.8. The van der Waals surface area contributed by atoms with Crippen molar-refractivity contribution < 1.29 is 9.90 Å². The summed E-state index contributed by atoms with van der Waals surface area (Å²) < 4.78 is 0. The highest BCUT2D eigenvalue weighted by atomic mass is 16.4. The molecule has 2 saturated heterocycles. The van der Waals surface area contributed by atoms with E-state index in [1.807, 2.05) is 0 Å². The Morgan fingerprint density at radius 2 is 2.21 bits per heavy atom. The zero-order valence-electron chi connectivity index (χ0n) is 8.02. The number of terminal acetylenes is 1. The molecule has 0 aromatic carbocycles. The van der Waals surface area contributed by atoms with E-state index in [-0.39, 0.29) is 6.04 Å². The van der Waals surface area contributed by atoms with Gasteiger partial charge in [0.15, 0.2) is 0 Å². The molecule has 2 aliphatic rings. The second-order valence-corrected chi connectivity index (χ2v) is 3.88. The highest BCUT2D eigenvalue weighted by molar-refractivity contribution is 5.65. The van der Waals surface area contributed by atoms with Crippen molar-refractivity contribution in [1.29, 1.82) is 0 Å². The van der Waals surface area contributed by atoms with Crippen LogP contribution < -0.4 is 0 Å². The lowest BCUT2D eigenvalue weighted by Crippen LogP contribution is -2.53. The van der Waals surface area contributed by atoms with Gasteiger partial charge in [-0.3, -0.25) is 4.90 Å². The molecule has 76 valence electrons. The van der Waals surface area contributed by atoms with E-state index < -0.39 is 6.09 Å². The number of rotatable bonds is 0. The molecule has 2 aliphatic heterocycles. The molecule has 2 heterocycles. The van der Waals surface area contributed by atoms with Crippen molar-refractivity contribution in [1.82, 2.24) is 9.80 Å². The fraction of sp³-hybridized carbons (Fsp3) is 0.700. The zero-order valence-corrected chi connectivity index (χ0v) is 8.02. The van der Waals surface area contributed by atoms with E-state index in [9.17, 15) is 4.79 Å². The van der Waals surface area contributed by atoms with Crippen LogP contribution in [0.2, 0.25) is 0 Å². The van der Waals surface area contributed by atoms with Crippen LogP contribution in [0.15, 0.2) is 0 Å². The highest BCUT2D eigenvalue weighted by Gasteiger charge is 2.37. The molecule has 0 bridgehead atoms. The van der Waals surface area contributed by atoms with Crippen molar-refractivity contribution in [3.63, 3.8) is 0 Å². The summed E-state index contributed by atoms with van der Waals surface area (Å²) in [7, 11) is 0. The Morgan fingerprint density at radius 1 is 1.43 bits per heavy atom. The SMILES string of the molecule is C#C[C@@H]1CC[C@H]2CN(C(=O)O)CCN21. The monoisotopic (exact) mass is 194 g/mol. The van der Waals surface area contributed by atoms with Gasteiger partial charge in [-0.15, -0.1) is 6.42 Å². The van der Waals surface area contributed by atoms with Gasteiger partial charge in [0.1, 0.15) is 0 Å². The van der Waals surface area contributed by atoms with Gasteiger partial charge in [0, 0.05) is 25.7 Å². The summed E-state index contributed by atoms with van der Waals surface area (Å²) in [5.41, 5.74) is 0. The van der Waals surface area contributed by atoms with Gasteiger partial charge in [-0.25, -0.2) is 4.79 Å². The number of piperazine rings is 1. The second-order valence-electron chi connectivity index (χ2n) is 3.88. The first-order chi connectivity index (χ1) is 6.72. The van der Waals surface area contributed by atoms with Gasteiger partial charge in [-0.2, -0.15) is 0 Å². The average molecular weight is 194 g/mol. The van der Waals surface area contributed by atoms with Crippen LogP contribution in [0.4, 0.5) is 4.79 Å². The van der Waals surface area contributed by atoms with E-state index in [2.05, 4.69) is 10.8 Å². The third-order valence-corrected chi connectivity index (χ3v) is 3.16. The minimum Gasteiger partial charge on any atom is -0.465 e. The maximum Gasteiger partial charge on any atom is 0.407 e. The van der Waals surface area contributed by atoms with E-state index in [1.54, 1.807) is 0 Å². The maximum atomic E-state index is 10.8. The number of carboxylic acid groups (broad SMARTS) is 1. The predicted octanol–water partition coefficient (Wildman–Crippen LogP) is 0.446. The molecule has 2 fully saturated rings. The Bertz CT molecular complexity index is 284. The Balaban J connectivity index is 2.02. The van der Waals surface area contributed by atoms with Gasteiger partial charge in [0.2, 0.25) is 0 Å². The van der Waals surface area contributed by atoms with Crippen molar-refractivity contribution in [3.8, 4) is 12.3 Å². The van der Waals surface area contributed by atoms with E-state index in [1.165, 1.54) is 4.90 Å². The number of hydrogen-bond donors (Lipinski definition) is 1. The third-order valence-electron chi connectivity index (χ3n) is 3.16. The fourth-order valence-electron chi connectivity index (χ4n) is 2.41. The molecule has 2 rings (SSSR count). The Labute approximate surface area is 83.5 Å². The number of fused-ring (bicyclic) bond motifs is 1. The second kappa shape index (κ2) is 3.50. The molecule has 14 heavy (non-hydrogen) atoms. The lowest BCUT2D eigenvalue weighted by atomic mass is 10.2. The lowest BCUT2D eigenvalue weighted by molar-refractivity contribution is 0.0808. The largest absolute Gasteiger partial charge is 0.465 e. The van der Waals surface area contributed by atoms with E-state index in [4.69, 9.17) is 11.5 Å². The number of nitrogens with zero attached hydrogens (tertiary/aromatic N) is 2. The van der Waals surface area contributed by atoms with Crippen molar-refractivity contribution in [2.45, 2.75) is 24.9 Å². The predicted molar refractivity (Wildman–Crippen MR) is 51.9 cm³/mol. The van der Waals surface area contributed by atoms with Gasteiger partial charge in [-0.1, -0.05) is 5.92 Å². The van der Waals surface area contributed by atoms with Crippen LogP contribution in [-0.4, -0.2) is 52.7 Å². The van der Waals surface area contributed by atoms with Crippen molar-refractivity contribution in [2.24, 2.45) is 0 Å². The summed E-state index contributed by atoms with van der Waals surface area (Å²) >= 11 is 0. The van der Waals surface area contributed by atoms with Crippen LogP contribution in [0.5, 0.6) is 0 Å². The molecule has 0 aromatic rings. The molecule has 0 spiro atoms. The minimum atomic E-state index is -0.811. The molecule has 0 radical (unpaired) electrons. The summed E-state index contributed by atoms with van der Waals surface area (Å²) in [6.07, 6.45) is 6.64. The molecule has 0 unspecified atom stereocenters. The summed E-state index contributed by atoms with van der Waals surface area (Å²) in [5.74, 6) is 2.77. The molecule has 4 heteroatoms. The standard InChI is InChI=1S/C10H14N2O2/c1-2-8-3-4-9-7-11(10(13)14)5-6-12(8)9/h1,8-9H,3-7H2,(H,13,14)/t8-,9+/m1/s1. The van der Waals surface area contributed by atoms with Crippen LogP contribution in [-0.2, 0) is 0 Å². The van der Waals surface area contributed by atoms with Gasteiger partial charge >= 0.3 is 6.09 Å². The first-order valence-electron chi connectivity index (χ1n) is 4.92. The van der Waals surface area contributed by atoms with E-state index in [0.717, 1.165) is 19.4 Å². The molecule has 0 aliphatic carbocycles. The molecule has 2 atom stereocenters. The van der Waals surface area contributed by atoms with Crippen molar-refractivity contribution in [2.75, 3.05) is 19.6 Å². The summed E-state index contributed by atoms with van der Waals surface area (Å²) in [5, 5.41) is 8.85. The summed E-state index contributed by atoms with van der Waals surface area (Å²) in [6.45, 7) is 1.99. The van der Waals surface area contributed by atoms with Gasteiger partial charge in [-0.05, 0) is 12.8 Å². The van der Waals surface area contributed by atoms with E-state index in [0.29, 0.717) is 19.1 Å². The van der Waals surface area contributed by atoms with Crippen LogP contribution in [0.1, 0.15) is 12.8 Å². The minimum absolute atomic E-state index is 0.232. The molecule has 1 amide bonds. The zero-order chi connectivity index (χ0) is 10.1. The summed E-state index contributed by atoms with van der Waals surface area (Å²) in [6, 6.07) is 0.580. The first kappa shape index (κ1) is 9.35. The third kappa shape index (κ3) is 1.44. The van der Waals surface area contributed by atoms with Gasteiger partial charge < -0.3 is 10.0 Å². The Morgan fingerprint density at radius 3 is 2.86 bits per heavy atom. The van der Waals surface area contributed by atoms with Crippen LogP contribution in [0, 0.1) is 12.3 Å². The molecule has 4 nitrogen and oxygen atoms in total. The highest BCUT2D eigenvalue weighted by Crippen LogP contribution is 2.26. The number of hydrogen-bond acceptors (Lipinski definition) is 2. The fourth-order valence-corrected chi connectivity index (χ4v) is 2.41.